The number of benzene rings is 1. The molecule has 1 aromatic carbocycles. The lowest BCUT2D eigenvalue weighted by Gasteiger charge is -2.28. The Balaban J connectivity index is 0.000000796. The van der Waals surface area contributed by atoms with Gasteiger partial charge >= 0.3 is 11.4 Å². The molecule has 0 saturated carbocycles. The molecular weight excluding hydrogens is 330 g/mol. The molecule has 1 nitrogen and oxygen atoms in total. The van der Waals surface area contributed by atoms with Gasteiger partial charge in [0, 0.05) is 0 Å². The molecular formula is C15H24AlCl3O. The second-order valence-corrected chi connectivity index (χ2v) is 13.1. The lowest BCUT2D eigenvalue weighted by Crippen LogP contribution is -2.18. The third kappa shape index (κ3) is 6.92. The molecule has 0 spiro atoms. The molecule has 1 aromatic rings. The molecule has 0 radical (unpaired) electrons. The average molecular weight is 354 g/mol. The predicted molar refractivity (Wildman–Crippen MR) is 93.7 cm³/mol. The molecule has 114 valence electrons. The van der Waals surface area contributed by atoms with Crippen molar-refractivity contribution in [3.63, 3.8) is 0 Å². The van der Waals surface area contributed by atoms with Crippen molar-refractivity contribution in [2.24, 2.45) is 0 Å². The van der Waals surface area contributed by atoms with Gasteiger partial charge in [-0.05, 0) is 22.0 Å². The lowest BCUT2D eigenvalue weighted by atomic mass is 9.79. The molecule has 0 aromatic heterocycles. The summed E-state index contributed by atoms with van der Waals surface area (Å²) >= 11 is -1.72. The number of hydrogen-bond acceptors (Lipinski definition) is 1. The smallest absolute Gasteiger partial charge is 0.496 e. The molecule has 0 aliphatic carbocycles. The van der Waals surface area contributed by atoms with E-state index in [9.17, 15) is 0 Å². The SMILES string of the molecule is COc1c(C(C)(C)C)cccc1C(C)(C)C.[Cl][Al]([Cl])[Cl]. The van der Waals surface area contributed by atoms with Crippen LogP contribution >= 0.6 is 30.1 Å². The van der Waals surface area contributed by atoms with Crippen LogP contribution in [0.1, 0.15) is 52.7 Å². The van der Waals surface area contributed by atoms with Crippen LogP contribution in [0.5, 0.6) is 5.75 Å². The highest BCUT2D eigenvalue weighted by molar-refractivity contribution is 7.54. The summed E-state index contributed by atoms with van der Waals surface area (Å²) in [5, 5.41) is 0. The normalized spacial score (nSPS) is 11.5. The van der Waals surface area contributed by atoms with Crippen molar-refractivity contribution in [3.05, 3.63) is 29.3 Å². The molecule has 0 atom stereocenters. The van der Waals surface area contributed by atoms with Gasteiger partial charge in [0.15, 0.2) is 0 Å². The number of methoxy groups -OCH3 is 1. The van der Waals surface area contributed by atoms with Gasteiger partial charge in [-0.1, -0.05) is 59.7 Å². The average Bonchev–Trinajstić information content (AvgIpc) is 2.24. The number of hydrogen-bond donors (Lipinski definition) is 0. The van der Waals surface area contributed by atoms with E-state index in [1.807, 2.05) is 0 Å². The molecule has 0 saturated heterocycles. The second kappa shape index (κ2) is 8.16. The first kappa shape index (κ1) is 20.4. The minimum absolute atomic E-state index is 0.118. The van der Waals surface area contributed by atoms with Gasteiger partial charge in [-0.2, -0.15) is 0 Å². The summed E-state index contributed by atoms with van der Waals surface area (Å²) < 4.78 is 5.63. The Labute approximate surface area is 140 Å². The van der Waals surface area contributed by atoms with Gasteiger partial charge in [-0.3, -0.25) is 0 Å². The minimum atomic E-state index is -1.72. The minimum Gasteiger partial charge on any atom is -0.496 e. The number of rotatable bonds is 1. The van der Waals surface area contributed by atoms with Crippen molar-refractivity contribution >= 4 is 41.5 Å². The zero-order valence-corrected chi connectivity index (χ0v) is 16.8. The fourth-order valence-electron chi connectivity index (χ4n) is 1.94. The Bertz CT molecular complexity index is 385. The van der Waals surface area contributed by atoms with E-state index in [0.29, 0.717) is 0 Å². The van der Waals surface area contributed by atoms with Crippen LogP contribution in [0.3, 0.4) is 0 Å². The summed E-state index contributed by atoms with van der Waals surface area (Å²) in [6.07, 6.45) is 0. The second-order valence-electron chi connectivity index (χ2n) is 6.63. The molecule has 20 heavy (non-hydrogen) atoms. The lowest BCUT2D eigenvalue weighted by molar-refractivity contribution is 0.381. The fraction of sp³-hybridized carbons (Fsp3) is 0.600. The van der Waals surface area contributed by atoms with Gasteiger partial charge in [0.05, 0.1) is 7.11 Å². The molecule has 0 unspecified atom stereocenters. The topological polar surface area (TPSA) is 9.23 Å². The third-order valence-corrected chi connectivity index (χ3v) is 2.84. The molecule has 0 fully saturated rings. The highest BCUT2D eigenvalue weighted by atomic mass is 35.8. The van der Waals surface area contributed by atoms with Gasteiger partial charge in [0.2, 0.25) is 0 Å². The Kier molecular flexibility index (Phi) is 8.33. The molecule has 0 heterocycles. The van der Waals surface area contributed by atoms with Crippen LogP contribution in [-0.2, 0) is 10.8 Å². The van der Waals surface area contributed by atoms with Crippen LogP contribution in [0.2, 0.25) is 0 Å². The standard InChI is InChI=1S/C15H24O.Al.3ClH/c1-14(2,3)11-9-8-10-12(13(11)16-7)15(4,5)6;;;;/h8-10H,1-7H3;;3*1H/q;+3;;;/p-3. The first-order valence-electron chi connectivity index (χ1n) is 6.51. The number of ether oxygens (including phenoxy) is 1. The maximum absolute atomic E-state index is 5.63. The maximum atomic E-state index is 5.63. The molecule has 0 aliphatic rings. The van der Waals surface area contributed by atoms with Crippen LogP contribution in [0, 0.1) is 0 Å². The van der Waals surface area contributed by atoms with E-state index in [-0.39, 0.29) is 10.8 Å². The van der Waals surface area contributed by atoms with Crippen LogP contribution in [0.15, 0.2) is 18.2 Å². The van der Waals surface area contributed by atoms with Crippen LogP contribution < -0.4 is 4.74 Å². The van der Waals surface area contributed by atoms with E-state index in [1.165, 1.54) is 11.1 Å². The monoisotopic (exact) mass is 352 g/mol. The first-order chi connectivity index (χ1) is 8.91. The molecule has 5 heteroatoms. The zero-order chi connectivity index (χ0) is 16.1. The van der Waals surface area contributed by atoms with Crippen molar-refractivity contribution < 1.29 is 4.74 Å². The van der Waals surface area contributed by atoms with Crippen LogP contribution in [-0.4, -0.2) is 18.5 Å². The van der Waals surface area contributed by atoms with E-state index < -0.39 is 11.4 Å². The Morgan fingerprint density at radius 2 is 1.15 bits per heavy atom. The van der Waals surface area contributed by atoms with Crippen LogP contribution in [0.4, 0.5) is 0 Å². The summed E-state index contributed by atoms with van der Waals surface area (Å²) in [6.45, 7) is 13.3. The Morgan fingerprint density at radius 1 is 0.850 bits per heavy atom. The quantitative estimate of drug-likeness (QED) is 0.564. The molecule has 0 bridgehead atoms. The highest BCUT2D eigenvalue weighted by Gasteiger charge is 2.25. The van der Waals surface area contributed by atoms with E-state index in [1.54, 1.807) is 7.11 Å². The maximum Gasteiger partial charge on any atom is 0.643 e. The van der Waals surface area contributed by atoms with Crippen molar-refractivity contribution in [3.8, 4) is 5.75 Å². The largest absolute Gasteiger partial charge is 0.643 e. The van der Waals surface area contributed by atoms with Crippen LogP contribution in [0.25, 0.3) is 0 Å². The van der Waals surface area contributed by atoms with Crippen molar-refractivity contribution in [2.75, 3.05) is 7.11 Å². The van der Waals surface area contributed by atoms with Crippen molar-refractivity contribution in [1.29, 1.82) is 0 Å². The fourth-order valence-corrected chi connectivity index (χ4v) is 1.94. The highest BCUT2D eigenvalue weighted by Crippen LogP contribution is 2.39. The number of para-hydroxylation sites is 1. The predicted octanol–water partition coefficient (Wildman–Crippen LogP) is 5.98. The van der Waals surface area contributed by atoms with Crippen molar-refractivity contribution in [1.82, 2.24) is 0 Å². The van der Waals surface area contributed by atoms with Crippen molar-refractivity contribution in [2.45, 2.75) is 52.4 Å². The summed E-state index contributed by atoms with van der Waals surface area (Å²) in [5.74, 6) is 1.04. The van der Waals surface area contributed by atoms with Gasteiger partial charge in [-0.25, -0.2) is 30.1 Å². The van der Waals surface area contributed by atoms with Gasteiger partial charge in [0.1, 0.15) is 5.75 Å². The third-order valence-electron chi connectivity index (χ3n) is 2.84. The van der Waals surface area contributed by atoms with Gasteiger partial charge in [0.25, 0.3) is 0 Å². The molecule has 1 rings (SSSR count). The molecule has 0 N–H and O–H groups in total. The molecule has 0 amide bonds. The first-order valence-corrected chi connectivity index (χ1v) is 11.7. The Morgan fingerprint density at radius 3 is 1.35 bits per heavy atom. The van der Waals surface area contributed by atoms with E-state index in [2.05, 4.69) is 59.7 Å². The number of halogens is 3. The zero-order valence-electron chi connectivity index (χ0n) is 13.4. The van der Waals surface area contributed by atoms with Gasteiger partial charge < -0.3 is 4.74 Å². The van der Waals surface area contributed by atoms with E-state index in [0.717, 1.165) is 5.75 Å². The van der Waals surface area contributed by atoms with Gasteiger partial charge in [-0.15, -0.1) is 0 Å². The van der Waals surface area contributed by atoms with E-state index in [4.69, 9.17) is 34.9 Å². The Hall–Kier alpha value is 0.422. The summed E-state index contributed by atoms with van der Waals surface area (Å²) in [5.41, 5.74) is 2.80. The summed E-state index contributed by atoms with van der Waals surface area (Å²) in [6, 6.07) is 6.45. The van der Waals surface area contributed by atoms with E-state index >= 15 is 0 Å². The summed E-state index contributed by atoms with van der Waals surface area (Å²) in [4.78, 5) is 0. The molecule has 0 aliphatic heterocycles. The summed E-state index contributed by atoms with van der Waals surface area (Å²) in [7, 11) is 16.6.